The maximum absolute atomic E-state index is 12.5. The van der Waals surface area contributed by atoms with Crippen molar-refractivity contribution in [3.05, 3.63) is 54.4 Å². The monoisotopic (exact) mass is 361 g/mol. The standard InChI is InChI=1S/C18H23N3O3S/c1-25(23,24)19-16-8-12-21(13-9-16)18(22)14-15-4-6-17(7-5-15)20-10-2-3-11-20/h2-7,10-11,16,19H,8-9,12-14H2,1H3. The van der Waals surface area contributed by atoms with Crippen LogP contribution < -0.4 is 4.72 Å². The minimum absolute atomic E-state index is 0.0695. The summed E-state index contributed by atoms with van der Waals surface area (Å²) in [6.45, 7) is 1.18. The van der Waals surface area contributed by atoms with Gasteiger partial charge in [0.2, 0.25) is 15.9 Å². The summed E-state index contributed by atoms with van der Waals surface area (Å²) in [6.07, 6.45) is 6.82. The lowest BCUT2D eigenvalue weighted by molar-refractivity contribution is -0.131. The Bertz CT molecular complexity index is 806. The van der Waals surface area contributed by atoms with Crippen molar-refractivity contribution in [2.75, 3.05) is 19.3 Å². The molecule has 0 aliphatic carbocycles. The van der Waals surface area contributed by atoms with Gasteiger partial charge in [0.05, 0.1) is 12.7 Å². The average molecular weight is 361 g/mol. The summed E-state index contributed by atoms with van der Waals surface area (Å²) in [6, 6.07) is 11.8. The van der Waals surface area contributed by atoms with Gasteiger partial charge in [0.25, 0.3) is 0 Å². The molecule has 0 atom stereocenters. The smallest absolute Gasteiger partial charge is 0.226 e. The Morgan fingerprint density at radius 3 is 2.28 bits per heavy atom. The number of rotatable bonds is 5. The topological polar surface area (TPSA) is 71.4 Å². The van der Waals surface area contributed by atoms with Gasteiger partial charge in [-0.2, -0.15) is 0 Å². The van der Waals surface area contributed by atoms with Crippen LogP contribution in [0.3, 0.4) is 0 Å². The van der Waals surface area contributed by atoms with Crippen LogP contribution in [-0.2, 0) is 21.2 Å². The van der Waals surface area contributed by atoms with Crippen molar-refractivity contribution in [1.82, 2.24) is 14.2 Å². The Morgan fingerprint density at radius 2 is 1.72 bits per heavy atom. The second-order valence-electron chi connectivity index (χ2n) is 6.48. The van der Waals surface area contributed by atoms with Gasteiger partial charge in [0.15, 0.2) is 0 Å². The lowest BCUT2D eigenvalue weighted by atomic mass is 10.0. The number of carbonyl (C=O) groups is 1. The molecule has 1 fully saturated rings. The Labute approximate surface area is 148 Å². The Hall–Kier alpha value is -2.12. The predicted octanol–water partition coefficient (Wildman–Crippen LogP) is 1.56. The third kappa shape index (κ3) is 4.93. The van der Waals surface area contributed by atoms with Gasteiger partial charge in [0, 0.05) is 37.2 Å². The van der Waals surface area contributed by atoms with Gasteiger partial charge in [-0.1, -0.05) is 12.1 Å². The van der Waals surface area contributed by atoms with Crippen molar-refractivity contribution in [2.24, 2.45) is 0 Å². The van der Waals surface area contributed by atoms with Crippen LogP contribution in [0.5, 0.6) is 0 Å². The van der Waals surface area contributed by atoms with E-state index in [4.69, 9.17) is 0 Å². The minimum Gasteiger partial charge on any atom is -0.342 e. The highest BCUT2D eigenvalue weighted by atomic mass is 32.2. The summed E-state index contributed by atoms with van der Waals surface area (Å²) in [5.41, 5.74) is 2.05. The number of likely N-dealkylation sites (tertiary alicyclic amines) is 1. The van der Waals surface area contributed by atoms with Gasteiger partial charge >= 0.3 is 0 Å². The molecule has 0 unspecified atom stereocenters. The van der Waals surface area contributed by atoms with E-state index in [2.05, 4.69) is 4.72 Å². The van der Waals surface area contributed by atoms with Crippen molar-refractivity contribution in [3.63, 3.8) is 0 Å². The lowest BCUT2D eigenvalue weighted by Gasteiger charge is -2.32. The van der Waals surface area contributed by atoms with Crippen LogP contribution in [0.4, 0.5) is 0 Å². The van der Waals surface area contributed by atoms with E-state index in [-0.39, 0.29) is 11.9 Å². The average Bonchev–Trinajstić information content (AvgIpc) is 3.09. The first-order valence-corrected chi connectivity index (χ1v) is 10.3. The molecule has 0 bridgehead atoms. The van der Waals surface area contributed by atoms with Crippen molar-refractivity contribution >= 4 is 15.9 Å². The number of amides is 1. The molecule has 25 heavy (non-hydrogen) atoms. The van der Waals surface area contributed by atoms with E-state index in [1.807, 2.05) is 58.3 Å². The highest BCUT2D eigenvalue weighted by Crippen LogP contribution is 2.15. The van der Waals surface area contributed by atoms with Crippen LogP contribution in [0.2, 0.25) is 0 Å². The number of benzene rings is 1. The molecular weight excluding hydrogens is 338 g/mol. The fourth-order valence-electron chi connectivity index (χ4n) is 3.13. The highest BCUT2D eigenvalue weighted by molar-refractivity contribution is 7.88. The molecule has 1 aromatic carbocycles. The normalized spacial score (nSPS) is 16.1. The van der Waals surface area contributed by atoms with Crippen molar-refractivity contribution in [1.29, 1.82) is 0 Å². The first-order chi connectivity index (χ1) is 11.9. The quantitative estimate of drug-likeness (QED) is 0.878. The number of nitrogens with zero attached hydrogens (tertiary/aromatic N) is 2. The predicted molar refractivity (Wildman–Crippen MR) is 97.1 cm³/mol. The Morgan fingerprint density at radius 1 is 1.12 bits per heavy atom. The number of carbonyl (C=O) groups excluding carboxylic acids is 1. The molecule has 0 spiro atoms. The van der Waals surface area contributed by atoms with Crippen LogP contribution in [0.15, 0.2) is 48.8 Å². The zero-order chi connectivity index (χ0) is 17.9. The number of sulfonamides is 1. The fraction of sp³-hybridized carbons (Fsp3) is 0.389. The van der Waals surface area contributed by atoms with Crippen LogP contribution in [0, 0.1) is 0 Å². The second kappa shape index (κ2) is 7.41. The fourth-order valence-corrected chi connectivity index (χ4v) is 3.97. The van der Waals surface area contributed by atoms with E-state index >= 15 is 0 Å². The summed E-state index contributed by atoms with van der Waals surface area (Å²) in [7, 11) is -3.19. The van der Waals surface area contributed by atoms with E-state index in [0.29, 0.717) is 32.4 Å². The molecule has 1 aliphatic heterocycles. The highest BCUT2D eigenvalue weighted by Gasteiger charge is 2.24. The van der Waals surface area contributed by atoms with Crippen LogP contribution in [-0.4, -0.2) is 49.2 Å². The zero-order valence-electron chi connectivity index (χ0n) is 14.3. The number of nitrogens with one attached hydrogen (secondary N) is 1. The molecule has 1 aromatic heterocycles. The van der Waals surface area contributed by atoms with Crippen molar-refractivity contribution in [3.8, 4) is 5.69 Å². The van der Waals surface area contributed by atoms with Gasteiger partial charge in [-0.05, 0) is 42.7 Å². The molecule has 7 heteroatoms. The third-order valence-electron chi connectivity index (χ3n) is 4.42. The molecule has 1 N–H and O–H groups in total. The number of aromatic nitrogens is 1. The van der Waals surface area contributed by atoms with Crippen LogP contribution in [0.25, 0.3) is 5.69 Å². The first kappa shape index (κ1) is 17.7. The van der Waals surface area contributed by atoms with E-state index in [9.17, 15) is 13.2 Å². The largest absolute Gasteiger partial charge is 0.342 e. The molecule has 2 heterocycles. The zero-order valence-corrected chi connectivity index (χ0v) is 15.1. The Kier molecular flexibility index (Phi) is 5.24. The van der Waals surface area contributed by atoms with E-state index in [0.717, 1.165) is 11.3 Å². The molecule has 1 amide bonds. The van der Waals surface area contributed by atoms with Crippen molar-refractivity contribution < 1.29 is 13.2 Å². The SMILES string of the molecule is CS(=O)(=O)NC1CCN(C(=O)Cc2ccc(-n3cccc3)cc2)CC1. The van der Waals surface area contributed by atoms with E-state index < -0.39 is 10.0 Å². The number of hydrogen-bond acceptors (Lipinski definition) is 3. The maximum Gasteiger partial charge on any atom is 0.226 e. The Balaban J connectivity index is 1.53. The first-order valence-electron chi connectivity index (χ1n) is 8.38. The maximum atomic E-state index is 12.5. The molecular formula is C18H23N3O3S. The molecule has 134 valence electrons. The molecule has 0 saturated carbocycles. The molecule has 0 radical (unpaired) electrons. The van der Waals surface area contributed by atoms with Gasteiger partial charge in [-0.15, -0.1) is 0 Å². The number of hydrogen-bond donors (Lipinski definition) is 1. The third-order valence-corrected chi connectivity index (χ3v) is 5.18. The van der Waals surface area contributed by atoms with Gasteiger partial charge in [0.1, 0.15) is 0 Å². The van der Waals surface area contributed by atoms with E-state index in [1.54, 1.807) is 0 Å². The summed E-state index contributed by atoms with van der Waals surface area (Å²) in [5.74, 6) is 0.0894. The van der Waals surface area contributed by atoms with Crippen LogP contribution in [0.1, 0.15) is 18.4 Å². The molecule has 1 aliphatic rings. The van der Waals surface area contributed by atoms with Gasteiger partial charge in [-0.25, -0.2) is 13.1 Å². The second-order valence-corrected chi connectivity index (χ2v) is 8.26. The summed E-state index contributed by atoms with van der Waals surface area (Å²) >= 11 is 0. The van der Waals surface area contributed by atoms with Crippen molar-refractivity contribution in [2.45, 2.75) is 25.3 Å². The summed E-state index contributed by atoms with van der Waals surface area (Å²) in [5, 5.41) is 0. The van der Waals surface area contributed by atoms with Gasteiger partial charge in [-0.3, -0.25) is 4.79 Å². The number of piperidine rings is 1. The summed E-state index contributed by atoms with van der Waals surface area (Å²) in [4.78, 5) is 14.3. The summed E-state index contributed by atoms with van der Waals surface area (Å²) < 4.78 is 27.2. The van der Waals surface area contributed by atoms with E-state index in [1.165, 1.54) is 6.26 Å². The minimum atomic E-state index is -3.19. The van der Waals surface area contributed by atoms with Gasteiger partial charge < -0.3 is 9.47 Å². The molecule has 6 nitrogen and oxygen atoms in total. The molecule has 1 saturated heterocycles. The van der Waals surface area contributed by atoms with Crippen LogP contribution >= 0.6 is 0 Å². The molecule has 2 aromatic rings. The molecule has 3 rings (SSSR count). The lowest BCUT2D eigenvalue weighted by Crippen LogP contribution is -2.46.